The second kappa shape index (κ2) is 4.65. The van der Waals surface area contributed by atoms with Gasteiger partial charge in [-0.25, -0.2) is 0 Å². The zero-order chi connectivity index (χ0) is 10.6. The van der Waals surface area contributed by atoms with E-state index in [-0.39, 0.29) is 11.7 Å². The minimum Gasteiger partial charge on any atom is -0.545 e. The Morgan fingerprint density at radius 2 is 2.00 bits per heavy atom. The van der Waals surface area contributed by atoms with Gasteiger partial charge in [-0.15, -0.1) is 0 Å². The Morgan fingerprint density at radius 1 is 1.43 bits per heavy atom. The van der Waals surface area contributed by atoms with Crippen molar-refractivity contribution < 1.29 is 14.6 Å². The van der Waals surface area contributed by atoms with Gasteiger partial charge in [0.1, 0.15) is 5.75 Å². The summed E-state index contributed by atoms with van der Waals surface area (Å²) < 4.78 is 5.48. The van der Waals surface area contributed by atoms with Crippen molar-refractivity contribution in [3.05, 3.63) is 29.8 Å². The van der Waals surface area contributed by atoms with Gasteiger partial charge in [0, 0.05) is 0 Å². The summed E-state index contributed by atoms with van der Waals surface area (Å²) in [5, 5.41) is 10.4. The molecule has 0 spiro atoms. The molecule has 76 valence electrons. The summed E-state index contributed by atoms with van der Waals surface area (Å²) in [6, 6.07) is 6.23. The summed E-state index contributed by atoms with van der Waals surface area (Å²) in [5.41, 5.74) is 0.168. The number of carbonyl (C=O) groups is 1. The molecular weight excluding hydrogens is 180 g/mol. The maximum atomic E-state index is 10.4. The minimum absolute atomic E-state index is 0.142. The molecule has 0 bridgehead atoms. The minimum atomic E-state index is -1.17. The van der Waals surface area contributed by atoms with E-state index in [0.717, 1.165) is 6.42 Å². The average molecular weight is 193 g/mol. The van der Waals surface area contributed by atoms with Crippen molar-refractivity contribution in [1.82, 2.24) is 0 Å². The van der Waals surface area contributed by atoms with E-state index < -0.39 is 5.97 Å². The standard InChI is InChI=1S/C11H14O3/c1-3-8(2)14-10-6-4-9(5-7-10)11(12)13/h4-8H,3H2,1-2H3,(H,12,13)/p-1. The van der Waals surface area contributed by atoms with Crippen LogP contribution in [0.1, 0.15) is 30.6 Å². The molecule has 1 aromatic rings. The first kappa shape index (κ1) is 10.6. The van der Waals surface area contributed by atoms with E-state index in [1.807, 2.05) is 13.8 Å². The van der Waals surface area contributed by atoms with Crippen LogP contribution < -0.4 is 9.84 Å². The third kappa shape index (κ3) is 2.76. The average Bonchev–Trinajstić information content (AvgIpc) is 2.18. The fraction of sp³-hybridized carbons (Fsp3) is 0.364. The number of benzene rings is 1. The molecule has 3 heteroatoms. The molecule has 0 aliphatic heterocycles. The van der Waals surface area contributed by atoms with Crippen LogP contribution >= 0.6 is 0 Å². The molecule has 0 saturated carbocycles. The van der Waals surface area contributed by atoms with Crippen LogP contribution in [0.3, 0.4) is 0 Å². The number of carbonyl (C=O) groups excluding carboxylic acids is 1. The summed E-state index contributed by atoms with van der Waals surface area (Å²) in [6.07, 6.45) is 1.06. The van der Waals surface area contributed by atoms with Crippen molar-refractivity contribution in [2.75, 3.05) is 0 Å². The fourth-order valence-corrected chi connectivity index (χ4v) is 0.985. The highest BCUT2D eigenvalue weighted by molar-refractivity contribution is 5.85. The molecule has 0 N–H and O–H groups in total. The largest absolute Gasteiger partial charge is 0.545 e. The van der Waals surface area contributed by atoms with Gasteiger partial charge >= 0.3 is 0 Å². The fourth-order valence-electron chi connectivity index (χ4n) is 0.985. The van der Waals surface area contributed by atoms with Crippen LogP contribution in [0.4, 0.5) is 0 Å². The van der Waals surface area contributed by atoms with Crippen LogP contribution in [-0.4, -0.2) is 12.1 Å². The lowest BCUT2D eigenvalue weighted by molar-refractivity contribution is -0.255. The number of carboxylic acids is 1. The van der Waals surface area contributed by atoms with E-state index in [0.29, 0.717) is 5.75 Å². The van der Waals surface area contributed by atoms with Crippen LogP contribution in [0.15, 0.2) is 24.3 Å². The Kier molecular flexibility index (Phi) is 3.51. The summed E-state index contributed by atoms with van der Waals surface area (Å²) in [4.78, 5) is 10.4. The molecule has 0 saturated heterocycles. The van der Waals surface area contributed by atoms with Gasteiger partial charge in [0.25, 0.3) is 0 Å². The van der Waals surface area contributed by atoms with E-state index in [4.69, 9.17) is 4.74 Å². The predicted octanol–water partition coefficient (Wildman–Crippen LogP) is 1.23. The predicted molar refractivity (Wildman–Crippen MR) is 51.2 cm³/mol. The van der Waals surface area contributed by atoms with Crippen molar-refractivity contribution in [2.45, 2.75) is 26.4 Å². The van der Waals surface area contributed by atoms with Crippen LogP contribution in [0, 0.1) is 0 Å². The SMILES string of the molecule is CCC(C)Oc1ccc(C(=O)[O-])cc1. The van der Waals surface area contributed by atoms with Crippen LogP contribution in [0.25, 0.3) is 0 Å². The van der Waals surface area contributed by atoms with Crippen molar-refractivity contribution in [3.63, 3.8) is 0 Å². The molecule has 1 rings (SSSR count). The Balaban J connectivity index is 2.68. The van der Waals surface area contributed by atoms with Gasteiger partial charge in [-0.1, -0.05) is 6.92 Å². The molecule has 1 atom stereocenters. The Bertz CT molecular complexity index is 303. The molecule has 14 heavy (non-hydrogen) atoms. The van der Waals surface area contributed by atoms with Crippen molar-refractivity contribution in [1.29, 1.82) is 0 Å². The lowest BCUT2D eigenvalue weighted by atomic mass is 10.2. The van der Waals surface area contributed by atoms with Gasteiger partial charge in [0.15, 0.2) is 0 Å². The molecular formula is C11H13O3-. The Morgan fingerprint density at radius 3 is 2.43 bits per heavy atom. The van der Waals surface area contributed by atoms with Gasteiger partial charge in [-0.05, 0) is 43.2 Å². The Hall–Kier alpha value is -1.51. The van der Waals surface area contributed by atoms with E-state index in [1.54, 1.807) is 12.1 Å². The van der Waals surface area contributed by atoms with Crippen LogP contribution in [0.5, 0.6) is 5.75 Å². The van der Waals surface area contributed by atoms with Crippen molar-refractivity contribution in [2.24, 2.45) is 0 Å². The molecule has 1 aromatic carbocycles. The molecule has 1 unspecified atom stereocenters. The maximum absolute atomic E-state index is 10.4. The summed E-state index contributed by atoms with van der Waals surface area (Å²) >= 11 is 0. The topological polar surface area (TPSA) is 49.4 Å². The number of ether oxygens (including phenoxy) is 1. The van der Waals surface area contributed by atoms with Crippen LogP contribution in [0.2, 0.25) is 0 Å². The lowest BCUT2D eigenvalue weighted by Crippen LogP contribution is -2.22. The second-order valence-electron chi connectivity index (χ2n) is 3.15. The van der Waals surface area contributed by atoms with Gasteiger partial charge < -0.3 is 14.6 Å². The first-order chi connectivity index (χ1) is 6.63. The maximum Gasteiger partial charge on any atom is 0.119 e. The summed E-state index contributed by atoms with van der Waals surface area (Å²) in [6.45, 7) is 3.99. The first-order valence-electron chi connectivity index (χ1n) is 4.61. The molecule has 0 aliphatic rings. The second-order valence-corrected chi connectivity index (χ2v) is 3.15. The monoisotopic (exact) mass is 193 g/mol. The van der Waals surface area contributed by atoms with Gasteiger partial charge in [0.05, 0.1) is 12.1 Å². The number of rotatable bonds is 4. The number of carboxylic acid groups (broad SMARTS) is 1. The van der Waals surface area contributed by atoms with E-state index >= 15 is 0 Å². The highest BCUT2D eigenvalue weighted by atomic mass is 16.5. The highest BCUT2D eigenvalue weighted by Crippen LogP contribution is 2.14. The third-order valence-corrected chi connectivity index (χ3v) is 2.00. The molecule has 0 amide bonds. The number of aromatic carboxylic acids is 1. The van der Waals surface area contributed by atoms with E-state index in [1.165, 1.54) is 12.1 Å². The summed E-state index contributed by atoms with van der Waals surface area (Å²) in [7, 11) is 0. The molecule has 0 heterocycles. The number of hydrogen-bond acceptors (Lipinski definition) is 3. The van der Waals surface area contributed by atoms with Gasteiger partial charge in [0.2, 0.25) is 0 Å². The molecule has 3 nitrogen and oxygen atoms in total. The van der Waals surface area contributed by atoms with Crippen LogP contribution in [-0.2, 0) is 0 Å². The molecule has 0 aliphatic carbocycles. The first-order valence-corrected chi connectivity index (χ1v) is 4.61. The zero-order valence-electron chi connectivity index (χ0n) is 8.32. The number of hydrogen-bond donors (Lipinski definition) is 0. The normalized spacial score (nSPS) is 12.1. The van der Waals surface area contributed by atoms with E-state index in [9.17, 15) is 9.90 Å². The molecule has 0 aromatic heterocycles. The van der Waals surface area contributed by atoms with Gasteiger partial charge in [-0.2, -0.15) is 0 Å². The van der Waals surface area contributed by atoms with E-state index in [2.05, 4.69) is 0 Å². The molecule has 0 fully saturated rings. The summed E-state index contributed by atoms with van der Waals surface area (Å²) in [5.74, 6) is -0.482. The van der Waals surface area contributed by atoms with Crippen molar-refractivity contribution in [3.8, 4) is 5.75 Å². The third-order valence-electron chi connectivity index (χ3n) is 2.00. The highest BCUT2D eigenvalue weighted by Gasteiger charge is 2.00. The smallest absolute Gasteiger partial charge is 0.119 e. The van der Waals surface area contributed by atoms with Crippen molar-refractivity contribution >= 4 is 5.97 Å². The Labute approximate surface area is 83.3 Å². The molecule has 0 radical (unpaired) electrons. The zero-order valence-corrected chi connectivity index (χ0v) is 8.32. The lowest BCUT2D eigenvalue weighted by Gasteiger charge is -2.12. The van der Waals surface area contributed by atoms with Gasteiger partial charge in [-0.3, -0.25) is 0 Å². The quantitative estimate of drug-likeness (QED) is 0.722.